The van der Waals surface area contributed by atoms with Crippen LogP contribution in [0.4, 0.5) is 5.82 Å². The Morgan fingerprint density at radius 1 is 1.30 bits per heavy atom. The number of carbonyl (C=O) groups is 1. The molecule has 0 aromatic carbocycles. The van der Waals surface area contributed by atoms with Gasteiger partial charge in [0.15, 0.2) is 31.6 Å². The number of anilines is 1. The quantitative estimate of drug-likeness (QED) is 0.155. The zero-order chi connectivity index (χ0) is 26.6. The Kier molecular flexibility index (Phi) is 11.5. The Balaban J connectivity index is 1.82. The summed E-state index contributed by atoms with van der Waals surface area (Å²) in [6.07, 6.45) is 1.59. The monoisotopic (exact) mass is 535 g/mol. The minimum absolute atomic E-state index is 0.0375. The van der Waals surface area contributed by atoms with Crippen molar-refractivity contribution in [2.24, 2.45) is 0 Å². The number of aromatic nitrogens is 4. The minimum atomic E-state index is -1.31. The number of nitrogens with one attached hydrogen (secondary N) is 1. The maximum absolute atomic E-state index is 11.6. The third-order valence-corrected chi connectivity index (χ3v) is 6.32. The van der Waals surface area contributed by atoms with Crippen molar-refractivity contribution in [2.45, 2.75) is 51.2 Å². The highest BCUT2D eigenvalue weighted by Crippen LogP contribution is 2.44. The number of carbonyl (C=O) groups excluding carboxylic acids is 1. The van der Waals surface area contributed by atoms with Crippen molar-refractivity contribution in [2.75, 3.05) is 45.3 Å². The molecule has 2 aromatic heterocycles. The second-order valence-electron chi connectivity index (χ2n) is 7.81. The smallest absolute Gasteiger partial charge is 0.238 e. The lowest BCUT2D eigenvalue weighted by molar-refractivity contribution is -0.173. The lowest BCUT2D eigenvalue weighted by atomic mass is 10.1. The van der Waals surface area contributed by atoms with Gasteiger partial charge in [0, 0.05) is 13.6 Å². The average molecular weight is 535 g/mol. The van der Waals surface area contributed by atoms with E-state index in [0.29, 0.717) is 17.6 Å². The molecule has 1 saturated heterocycles. The molecule has 2 unspecified atom stereocenters. The second kappa shape index (κ2) is 14.8. The van der Waals surface area contributed by atoms with E-state index in [1.165, 1.54) is 13.3 Å². The van der Waals surface area contributed by atoms with Gasteiger partial charge in [-0.3, -0.25) is 9.36 Å². The first kappa shape index (κ1) is 28.8. The van der Waals surface area contributed by atoms with E-state index in [1.54, 1.807) is 10.9 Å². The maximum atomic E-state index is 11.6. The van der Waals surface area contributed by atoms with Crippen molar-refractivity contribution < 1.29 is 32.8 Å². The molecular formula is C22H30N7O7P. The Labute approximate surface area is 215 Å². The van der Waals surface area contributed by atoms with Gasteiger partial charge in [0.05, 0.1) is 31.5 Å². The van der Waals surface area contributed by atoms with Gasteiger partial charge in [-0.1, -0.05) is 6.92 Å². The molecule has 0 saturated carbocycles. The van der Waals surface area contributed by atoms with Crippen LogP contribution in [0.25, 0.3) is 16.0 Å². The fraction of sp³-hybridized carbons (Fsp3) is 0.636. The van der Waals surface area contributed by atoms with Crippen LogP contribution in [0, 0.1) is 17.9 Å². The van der Waals surface area contributed by atoms with Gasteiger partial charge in [-0.2, -0.15) is 5.26 Å². The summed E-state index contributed by atoms with van der Waals surface area (Å²) in [5.74, 6) is 0.00531. The molecule has 0 spiro atoms. The molecule has 0 bridgehead atoms. The number of hydrogen-bond donors (Lipinski definition) is 1. The van der Waals surface area contributed by atoms with Gasteiger partial charge in [0.1, 0.15) is 38.7 Å². The maximum Gasteiger partial charge on any atom is 0.238 e. The van der Waals surface area contributed by atoms with Gasteiger partial charge in [-0.05, 0) is 6.42 Å². The third-order valence-electron chi connectivity index (χ3n) is 5.23. The molecule has 1 aliphatic heterocycles. The van der Waals surface area contributed by atoms with Crippen LogP contribution < -0.4 is 5.32 Å². The molecule has 1 aliphatic rings. The molecule has 1 N–H and O–H groups in total. The van der Waals surface area contributed by atoms with E-state index in [-0.39, 0.29) is 57.6 Å². The zero-order valence-corrected chi connectivity index (χ0v) is 21.8. The number of imidazole rings is 1. The van der Waals surface area contributed by atoms with Crippen LogP contribution >= 0.6 is 8.38 Å². The third kappa shape index (κ3) is 7.84. The topological polar surface area (TPSA) is 156 Å². The van der Waals surface area contributed by atoms with E-state index in [2.05, 4.69) is 25.1 Å². The molecule has 2 aromatic rings. The number of ether oxygens (including phenoxy) is 4. The van der Waals surface area contributed by atoms with Crippen LogP contribution in [0.2, 0.25) is 0 Å². The molecule has 1 fully saturated rings. The number of amides is 1. The van der Waals surface area contributed by atoms with Crippen molar-refractivity contribution in [3.05, 3.63) is 24.1 Å². The highest BCUT2D eigenvalue weighted by Gasteiger charge is 2.48. The fourth-order valence-corrected chi connectivity index (χ4v) is 4.67. The van der Waals surface area contributed by atoms with Crippen LogP contribution in [0.15, 0.2) is 12.7 Å². The number of hydrogen-bond acceptors (Lipinski definition) is 11. The molecule has 0 radical (unpaired) electrons. The van der Waals surface area contributed by atoms with Crippen LogP contribution in [-0.2, 0) is 32.8 Å². The summed E-state index contributed by atoms with van der Waals surface area (Å²) in [4.78, 5) is 27.7. The second-order valence-corrected chi connectivity index (χ2v) is 9.16. The van der Waals surface area contributed by atoms with E-state index in [4.69, 9.17) is 39.8 Å². The largest absolute Gasteiger partial charge is 0.354 e. The summed E-state index contributed by atoms with van der Waals surface area (Å²) in [6, 6.07) is 1.99. The van der Waals surface area contributed by atoms with Crippen LogP contribution in [0.1, 0.15) is 32.9 Å². The summed E-state index contributed by atoms with van der Waals surface area (Å²) in [5.41, 5.74) is 0.848. The molecule has 200 valence electrons. The SMILES string of the molecule is [C-]#[N+]CCOP(C)OC1[C@@H](CC)O[C@@H](n2cnc3c(NC(C)=O)ncnc32)[C@H]1OCOCOCCC#N. The highest BCUT2D eigenvalue weighted by molar-refractivity contribution is 7.46. The highest BCUT2D eigenvalue weighted by atomic mass is 31.2. The van der Waals surface area contributed by atoms with Gasteiger partial charge in [0.25, 0.3) is 0 Å². The van der Waals surface area contributed by atoms with E-state index in [9.17, 15) is 4.79 Å². The van der Waals surface area contributed by atoms with Gasteiger partial charge >= 0.3 is 0 Å². The number of nitrogens with zero attached hydrogens (tertiary/aromatic N) is 6. The fourth-order valence-electron chi connectivity index (χ4n) is 3.67. The Hall–Kier alpha value is -2.81. The van der Waals surface area contributed by atoms with Crippen molar-refractivity contribution in [3.63, 3.8) is 0 Å². The number of fused-ring (bicyclic) bond motifs is 1. The first-order chi connectivity index (χ1) is 18.0. The molecule has 14 nitrogen and oxygen atoms in total. The summed E-state index contributed by atoms with van der Waals surface area (Å²) in [5, 5.41) is 11.3. The van der Waals surface area contributed by atoms with E-state index < -0.39 is 26.8 Å². The molecule has 3 rings (SSSR count). The lowest BCUT2D eigenvalue weighted by Crippen LogP contribution is -2.36. The number of rotatable bonds is 15. The molecule has 37 heavy (non-hydrogen) atoms. The average Bonchev–Trinajstić information content (AvgIpc) is 3.45. The molecule has 0 aliphatic carbocycles. The van der Waals surface area contributed by atoms with E-state index in [1.807, 2.05) is 19.7 Å². The van der Waals surface area contributed by atoms with Gasteiger partial charge in [-0.15, -0.1) is 0 Å². The van der Waals surface area contributed by atoms with Crippen LogP contribution in [0.5, 0.6) is 0 Å². The van der Waals surface area contributed by atoms with E-state index >= 15 is 0 Å². The Morgan fingerprint density at radius 2 is 2.14 bits per heavy atom. The molecule has 3 heterocycles. The first-order valence-corrected chi connectivity index (χ1v) is 13.2. The molecule has 15 heteroatoms. The standard InChI is InChI=1S/C22H30N7O7P/c1-5-16-18(36-37(4)34-10-8-24-3)19(33-14-32-13-31-9-6-7-23)22(35-16)29-12-27-17-20(28-15(2)30)25-11-26-21(17)29/h11-12,16,18-19,22H,5-6,8-10,13-14H2,1-2,4H3,(H,25,26,28,30)/t16-,18?,19+,22-,37?/m1/s1. The normalized spacial score (nSPS) is 22.0. The zero-order valence-electron chi connectivity index (χ0n) is 20.9. The van der Waals surface area contributed by atoms with Crippen LogP contribution in [-0.4, -0.2) is 83.7 Å². The number of nitriles is 1. The van der Waals surface area contributed by atoms with Crippen molar-refractivity contribution >= 4 is 31.3 Å². The summed E-state index contributed by atoms with van der Waals surface area (Å²) < 4.78 is 36.7. The van der Waals surface area contributed by atoms with Gasteiger partial charge in [0.2, 0.25) is 12.5 Å². The predicted molar refractivity (Wildman–Crippen MR) is 131 cm³/mol. The summed E-state index contributed by atoms with van der Waals surface area (Å²) in [7, 11) is -1.31. The minimum Gasteiger partial charge on any atom is -0.354 e. The van der Waals surface area contributed by atoms with Crippen molar-refractivity contribution in [3.8, 4) is 6.07 Å². The molecule has 5 atom stereocenters. The van der Waals surface area contributed by atoms with E-state index in [0.717, 1.165) is 0 Å². The lowest BCUT2D eigenvalue weighted by Gasteiger charge is -2.26. The van der Waals surface area contributed by atoms with Crippen molar-refractivity contribution in [1.82, 2.24) is 19.5 Å². The van der Waals surface area contributed by atoms with Crippen LogP contribution in [0.3, 0.4) is 0 Å². The predicted octanol–water partition coefficient (Wildman–Crippen LogP) is 2.60. The summed E-state index contributed by atoms with van der Waals surface area (Å²) >= 11 is 0. The molecular weight excluding hydrogens is 505 g/mol. The first-order valence-electron chi connectivity index (χ1n) is 11.6. The Morgan fingerprint density at radius 3 is 2.86 bits per heavy atom. The molecule has 1 amide bonds. The summed E-state index contributed by atoms with van der Waals surface area (Å²) in [6.45, 7) is 12.7. The Bertz CT molecular complexity index is 1110. The van der Waals surface area contributed by atoms with Gasteiger partial charge < -0.3 is 38.2 Å². The van der Waals surface area contributed by atoms with Gasteiger partial charge in [-0.25, -0.2) is 21.5 Å². The van der Waals surface area contributed by atoms with Crippen molar-refractivity contribution in [1.29, 1.82) is 5.26 Å².